The van der Waals surface area contributed by atoms with Gasteiger partial charge in [-0.05, 0) is 61.6 Å². The van der Waals surface area contributed by atoms with Crippen LogP contribution in [0.25, 0.3) is 22.3 Å². The molecule has 2 heterocycles. The Kier molecular flexibility index (Phi) is 9.63. The van der Waals surface area contributed by atoms with Gasteiger partial charge in [0.05, 0.1) is 23.0 Å². The van der Waals surface area contributed by atoms with Crippen LogP contribution in [0.1, 0.15) is 55.3 Å². The maximum absolute atomic E-state index is 14.8. The average Bonchev–Trinajstić information content (AvgIpc) is 3.73. The molecular weight excluding hydrogens is 662 g/mol. The molecule has 52 heavy (non-hydrogen) atoms. The largest absolute Gasteiger partial charge is 0.479 e. The molecule has 0 radical (unpaired) electrons. The molecule has 4 N–H and O–H groups in total. The van der Waals surface area contributed by atoms with Crippen molar-refractivity contribution in [1.29, 1.82) is 0 Å². The van der Waals surface area contributed by atoms with Crippen molar-refractivity contribution in [3.63, 3.8) is 0 Å². The number of likely N-dealkylation sites (tertiary alicyclic amines) is 1. The predicted molar refractivity (Wildman–Crippen MR) is 194 cm³/mol. The van der Waals surface area contributed by atoms with Gasteiger partial charge in [0.2, 0.25) is 17.7 Å². The van der Waals surface area contributed by atoms with Crippen molar-refractivity contribution in [2.75, 3.05) is 11.9 Å². The van der Waals surface area contributed by atoms with Gasteiger partial charge in [-0.1, -0.05) is 67.8 Å². The number of carboxylic acids is 2. The van der Waals surface area contributed by atoms with E-state index in [2.05, 4.69) is 17.2 Å². The predicted octanol–water partition coefficient (Wildman–Crippen LogP) is 5.55. The number of anilines is 1. The van der Waals surface area contributed by atoms with Gasteiger partial charge in [0.1, 0.15) is 23.7 Å². The number of benzene rings is 3. The summed E-state index contributed by atoms with van der Waals surface area (Å²) < 4.78 is 6.59. The number of para-hydroxylation sites is 1. The van der Waals surface area contributed by atoms with Crippen LogP contribution < -0.4 is 15.4 Å². The molecule has 1 saturated heterocycles. The lowest BCUT2D eigenvalue weighted by Gasteiger charge is -2.35. The number of aliphatic carboxylic acids is 1. The van der Waals surface area contributed by atoms with Gasteiger partial charge in [-0.15, -0.1) is 6.58 Å². The van der Waals surface area contributed by atoms with Gasteiger partial charge in [0.15, 0.2) is 5.82 Å². The summed E-state index contributed by atoms with van der Waals surface area (Å²) >= 11 is 0. The molecule has 0 bridgehead atoms. The molecule has 1 aliphatic heterocycles. The van der Waals surface area contributed by atoms with Crippen LogP contribution in [0.3, 0.4) is 0 Å². The number of aromatic carboxylic acids is 1. The monoisotopic (exact) mass is 703 g/mol. The minimum atomic E-state index is -1.48. The molecule has 2 amide bonds. The fraction of sp³-hybridized carbons (Fsp3) is 0.350. The fourth-order valence-corrected chi connectivity index (χ4v) is 7.62. The van der Waals surface area contributed by atoms with E-state index in [4.69, 9.17) is 14.7 Å². The zero-order chi connectivity index (χ0) is 36.4. The molecule has 12 heteroatoms. The van der Waals surface area contributed by atoms with Crippen LogP contribution in [-0.2, 0) is 14.4 Å². The molecule has 0 spiro atoms. The number of nitrogens with one attached hydrogen (secondary N) is 2. The van der Waals surface area contributed by atoms with Crippen LogP contribution in [0.2, 0.25) is 0 Å². The van der Waals surface area contributed by atoms with Gasteiger partial charge in [-0.25, -0.2) is 14.6 Å². The zero-order valence-corrected chi connectivity index (χ0v) is 28.6. The van der Waals surface area contributed by atoms with E-state index in [1.807, 2.05) is 54.6 Å². The van der Waals surface area contributed by atoms with E-state index in [1.54, 1.807) is 12.1 Å². The van der Waals surface area contributed by atoms with Crippen molar-refractivity contribution >= 4 is 40.3 Å². The van der Waals surface area contributed by atoms with Gasteiger partial charge < -0.3 is 30.5 Å². The summed E-state index contributed by atoms with van der Waals surface area (Å²) in [6.45, 7) is 3.80. The van der Waals surface area contributed by atoms with Crippen molar-refractivity contribution in [2.45, 2.75) is 68.7 Å². The smallest absolute Gasteiger partial charge is 0.335 e. The molecule has 2 saturated carbocycles. The van der Waals surface area contributed by atoms with Crippen molar-refractivity contribution in [3.05, 3.63) is 97.1 Å². The molecule has 12 nitrogen and oxygen atoms in total. The van der Waals surface area contributed by atoms with Gasteiger partial charge in [-0.3, -0.25) is 9.59 Å². The summed E-state index contributed by atoms with van der Waals surface area (Å²) in [4.78, 5) is 63.8. The lowest BCUT2D eigenvalue weighted by atomic mass is 9.83. The number of amides is 2. The van der Waals surface area contributed by atoms with E-state index in [0.717, 1.165) is 37.7 Å². The Morgan fingerprint density at radius 2 is 1.63 bits per heavy atom. The van der Waals surface area contributed by atoms with Gasteiger partial charge >= 0.3 is 11.9 Å². The first-order valence-electron chi connectivity index (χ1n) is 17.7. The maximum atomic E-state index is 14.8. The Morgan fingerprint density at radius 3 is 2.31 bits per heavy atom. The first-order chi connectivity index (χ1) is 25.2. The summed E-state index contributed by atoms with van der Waals surface area (Å²) in [7, 11) is 0. The van der Waals surface area contributed by atoms with E-state index >= 15 is 0 Å². The number of nitrogens with zero attached hydrogens (tertiary/aromatic N) is 3. The fourth-order valence-electron chi connectivity index (χ4n) is 7.62. The van der Waals surface area contributed by atoms with Crippen molar-refractivity contribution in [1.82, 2.24) is 20.2 Å². The van der Waals surface area contributed by atoms with Crippen LogP contribution >= 0.6 is 0 Å². The first-order valence-corrected chi connectivity index (χ1v) is 17.7. The molecule has 2 aliphatic carbocycles. The maximum Gasteiger partial charge on any atom is 0.335 e. The summed E-state index contributed by atoms with van der Waals surface area (Å²) in [5.74, 6) is -2.76. The van der Waals surface area contributed by atoms with E-state index in [0.29, 0.717) is 28.3 Å². The highest BCUT2D eigenvalue weighted by Gasteiger charge is 2.61. The van der Waals surface area contributed by atoms with E-state index < -0.39 is 47.5 Å². The second-order valence-electron chi connectivity index (χ2n) is 13.9. The van der Waals surface area contributed by atoms with Crippen molar-refractivity contribution in [3.8, 4) is 17.3 Å². The Balaban J connectivity index is 1.22. The van der Waals surface area contributed by atoms with Gasteiger partial charge in [-0.2, -0.15) is 4.98 Å². The Labute approximate surface area is 300 Å². The molecule has 3 aliphatic rings. The van der Waals surface area contributed by atoms with Gasteiger partial charge in [0.25, 0.3) is 0 Å². The van der Waals surface area contributed by atoms with Crippen LogP contribution in [0.4, 0.5) is 5.69 Å². The number of carbonyl (C=O) groups is 4. The highest BCUT2D eigenvalue weighted by atomic mass is 16.5. The molecule has 3 aromatic carbocycles. The molecular formula is C40H41N5O7. The average molecular weight is 704 g/mol. The molecule has 4 aromatic rings. The molecule has 7 rings (SSSR count). The van der Waals surface area contributed by atoms with Crippen LogP contribution in [0, 0.1) is 11.8 Å². The number of carboxylic acid groups (broad SMARTS) is 2. The van der Waals surface area contributed by atoms with Gasteiger partial charge in [0, 0.05) is 23.6 Å². The molecule has 1 aromatic heterocycles. The Hall–Kier alpha value is -5.78. The van der Waals surface area contributed by atoms with Crippen molar-refractivity contribution < 1.29 is 34.1 Å². The minimum absolute atomic E-state index is 0.0396. The Morgan fingerprint density at radius 1 is 0.923 bits per heavy atom. The summed E-state index contributed by atoms with van der Waals surface area (Å²) in [6, 6.07) is 21.5. The van der Waals surface area contributed by atoms with E-state index in [-0.39, 0.29) is 36.8 Å². The lowest BCUT2D eigenvalue weighted by Crippen LogP contribution is -2.56. The second kappa shape index (κ2) is 14.5. The van der Waals surface area contributed by atoms with Crippen molar-refractivity contribution in [2.24, 2.45) is 11.8 Å². The molecule has 1 unspecified atom stereocenters. The van der Waals surface area contributed by atoms with Crippen LogP contribution in [0.5, 0.6) is 5.88 Å². The van der Waals surface area contributed by atoms with E-state index in [9.17, 15) is 29.4 Å². The highest BCUT2D eigenvalue weighted by molar-refractivity contribution is 5.96. The number of hydrogen-bond acceptors (Lipinski definition) is 8. The number of rotatable bonds is 12. The lowest BCUT2D eigenvalue weighted by molar-refractivity contribution is -0.145. The summed E-state index contributed by atoms with van der Waals surface area (Å²) in [5, 5.41) is 26.3. The molecule has 268 valence electrons. The molecule has 5 atom stereocenters. The quantitative estimate of drug-likeness (QED) is 0.137. The molecule has 3 fully saturated rings. The number of ether oxygens (including phenoxy) is 1. The SMILES string of the molecule is C=C[C@H]1CC1(NC(=O)[C@@H]1C[C@@H](Oc2nc(-c3ccccc3)nc3ccccc23)CN1C(=O)[C@@H](Nc1ccc(C(=O)O)cc1)C1CCCCC1)C(=O)O. The summed E-state index contributed by atoms with van der Waals surface area (Å²) in [6.07, 6.45) is 5.78. The summed E-state index contributed by atoms with van der Waals surface area (Å²) in [5.41, 5.74) is 0.707. The number of aromatic nitrogens is 2. The minimum Gasteiger partial charge on any atom is -0.479 e. The number of hydrogen-bond donors (Lipinski definition) is 4. The third-order valence-corrected chi connectivity index (χ3v) is 10.6. The van der Waals surface area contributed by atoms with E-state index in [1.165, 1.54) is 23.1 Å². The second-order valence-corrected chi connectivity index (χ2v) is 13.9. The Bertz CT molecular complexity index is 2000. The van der Waals surface area contributed by atoms with Crippen LogP contribution in [0.15, 0.2) is 91.5 Å². The zero-order valence-electron chi connectivity index (χ0n) is 28.6. The highest BCUT2D eigenvalue weighted by Crippen LogP contribution is 2.45. The third-order valence-electron chi connectivity index (χ3n) is 10.6. The van der Waals surface area contributed by atoms with Crippen LogP contribution in [-0.4, -0.2) is 79.1 Å². The number of carbonyl (C=O) groups excluding carboxylic acids is 2. The third kappa shape index (κ3) is 6.92. The normalized spacial score (nSPS) is 23.4. The first kappa shape index (κ1) is 34.7. The number of fused-ring (bicyclic) bond motifs is 1. The topological polar surface area (TPSA) is 171 Å². The standard InChI is InChI=1S/C40H41N5O7/c1-2-27-22-40(27,39(50)51)44-35(46)32-21-29(52-36-30-15-9-10-16-31(30)42-34(43-36)25-13-7-4-8-14-25)23-45(32)37(47)33(24-11-5-3-6-12-24)41-28-19-17-26(18-20-28)38(48)49/h2,4,7-10,13-20,24,27,29,32-33,41H,1,3,5-6,11-12,21-23H2,(H,44,46)(H,48,49)(H,50,51)/t27-,29+,32-,33-,40?/m0/s1.